The van der Waals surface area contributed by atoms with Crippen LogP contribution in [0.15, 0.2) is 60.7 Å². The number of benzene rings is 2. The quantitative estimate of drug-likeness (QED) is 0.717. The zero-order valence-electron chi connectivity index (χ0n) is 12.1. The Kier molecular flexibility index (Phi) is 4.05. The number of hydrogen-bond donors (Lipinski definition) is 0. The van der Waals surface area contributed by atoms with Gasteiger partial charge in [-0.25, -0.2) is 0 Å². The van der Waals surface area contributed by atoms with Crippen molar-refractivity contribution in [2.75, 3.05) is 0 Å². The molecule has 3 aromatic rings. The molecule has 1 atom stereocenters. The van der Waals surface area contributed by atoms with Crippen molar-refractivity contribution in [2.45, 2.75) is 25.8 Å². The van der Waals surface area contributed by atoms with Gasteiger partial charge in [-0.1, -0.05) is 60.7 Å². The van der Waals surface area contributed by atoms with Gasteiger partial charge in [0.2, 0.25) is 5.82 Å². The third-order valence-electron chi connectivity index (χ3n) is 3.55. The molecule has 0 radical (unpaired) electrons. The standard InChI is InChI=1S/C17H18N4/c1-14(12-13-15-8-4-2-5-9-15)21-19-17(18-20-21)16-10-6-3-7-11-16/h2-11,14H,12-13H2,1H3. The van der Waals surface area contributed by atoms with E-state index >= 15 is 0 Å². The number of hydrogen-bond acceptors (Lipinski definition) is 3. The van der Waals surface area contributed by atoms with Gasteiger partial charge in [0, 0.05) is 5.56 Å². The van der Waals surface area contributed by atoms with Gasteiger partial charge in [-0.05, 0) is 30.5 Å². The van der Waals surface area contributed by atoms with Crippen LogP contribution in [0.1, 0.15) is 24.9 Å². The summed E-state index contributed by atoms with van der Waals surface area (Å²) >= 11 is 0. The predicted molar refractivity (Wildman–Crippen MR) is 82.7 cm³/mol. The minimum absolute atomic E-state index is 0.232. The summed E-state index contributed by atoms with van der Waals surface area (Å²) in [6.07, 6.45) is 2.01. The first-order valence-corrected chi connectivity index (χ1v) is 7.22. The summed E-state index contributed by atoms with van der Waals surface area (Å²) in [6.45, 7) is 2.12. The summed E-state index contributed by atoms with van der Waals surface area (Å²) in [5.74, 6) is 0.683. The number of rotatable bonds is 5. The van der Waals surface area contributed by atoms with Crippen LogP contribution in [0.4, 0.5) is 0 Å². The molecule has 4 nitrogen and oxygen atoms in total. The molecule has 0 aliphatic heterocycles. The van der Waals surface area contributed by atoms with Crippen LogP contribution >= 0.6 is 0 Å². The fraction of sp³-hybridized carbons (Fsp3) is 0.235. The Morgan fingerprint density at radius 2 is 1.62 bits per heavy atom. The van der Waals surface area contributed by atoms with Crippen molar-refractivity contribution in [1.82, 2.24) is 20.2 Å². The van der Waals surface area contributed by atoms with Crippen LogP contribution < -0.4 is 0 Å². The molecule has 1 unspecified atom stereocenters. The lowest BCUT2D eigenvalue weighted by molar-refractivity contribution is 0.401. The van der Waals surface area contributed by atoms with Gasteiger partial charge in [0.05, 0.1) is 6.04 Å². The van der Waals surface area contributed by atoms with Gasteiger partial charge in [0.15, 0.2) is 0 Å². The van der Waals surface area contributed by atoms with E-state index in [1.807, 2.05) is 36.4 Å². The SMILES string of the molecule is CC(CCc1ccccc1)n1nnc(-c2ccccc2)n1. The van der Waals surface area contributed by atoms with Gasteiger partial charge in [-0.15, -0.1) is 10.2 Å². The van der Waals surface area contributed by atoms with E-state index in [0.717, 1.165) is 18.4 Å². The molecule has 3 rings (SSSR count). The molecule has 1 aromatic heterocycles. The third-order valence-corrected chi connectivity index (χ3v) is 3.55. The Morgan fingerprint density at radius 1 is 0.952 bits per heavy atom. The van der Waals surface area contributed by atoms with E-state index in [-0.39, 0.29) is 6.04 Å². The van der Waals surface area contributed by atoms with Crippen molar-refractivity contribution < 1.29 is 0 Å². The van der Waals surface area contributed by atoms with Crippen LogP contribution in [0.5, 0.6) is 0 Å². The molecule has 0 aliphatic carbocycles. The molecular weight excluding hydrogens is 260 g/mol. The van der Waals surface area contributed by atoms with Crippen molar-refractivity contribution in [3.05, 3.63) is 66.2 Å². The summed E-state index contributed by atoms with van der Waals surface area (Å²) in [4.78, 5) is 1.71. The molecule has 0 amide bonds. The van der Waals surface area contributed by atoms with Crippen molar-refractivity contribution in [3.63, 3.8) is 0 Å². The van der Waals surface area contributed by atoms with Crippen LogP contribution in [0.3, 0.4) is 0 Å². The summed E-state index contributed by atoms with van der Waals surface area (Å²) in [5.41, 5.74) is 2.34. The molecule has 0 saturated heterocycles. The molecular formula is C17H18N4. The molecule has 2 aromatic carbocycles. The second-order valence-corrected chi connectivity index (χ2v) is 5.17. The van der Waals surface area contributed by atoms with Gasteiger partial charge in [-0.2, -0.15) is 4.80 Å². The van der Waals surface area contributed by atoms with Crippen molar-refractivity contribution in [1.29, 1.82) is 0 Å². The second kappa shape index (κ2) is 6.31. The Balaban J connectivity index is 1.66. The van der Waals surface area contributed by atoms with Crippen LogP contribution in [0, 0.1) is 0 Å². The largest absolute Gasteiger partial charge is 0.204 e. The molecule has 1 heterocycles. The van der Waals surface area contributed by atoms with Crippen molar-refractivity contribution in [2.24, 2.45) is 0 Å². The zero-order chi connectivity index (χ0) is 14.5. The first kappa shape index (κ1) is 13.5. The highest BCUT2D eigenvalue weighted by atomic mass is 15.6. The van der Waals surface area contributed by atoms with E-state index in [0.29, 0.717) is 5.82 Å². The molecule has 0 aliphatic rings. The second-order valence-electron chi connectivity index (χ2n) is 5.17. The van der Waals surface area contributed by atoms with E-state index in [2.05, 4.69) is 46.6 Å². The highest BCUT2D eigenvalue weighted by Gasteiger charge is 2.11. The van der Waals surface area contributed by atoms with Crippen LogP contribution in [0.2, 0.25) is 0 Å². The third kappa shape index (κ3) is 3.34. The van der Waals surface area contributed by atoms with E-state index in [1.165, 1.54) is 5.56 Å². The maximum absolute atomic E-state index is 4.49. The monoisotopic (exact) mass is 278 g/mol. The van der Waals surface area contributed by atoms with E-state index in [9.17, 15) is 0 Å². The summed E-state index contributed by atoms with van der Waals surface area (Å²) in [6, 6.07) is 20.6. The molecule has 21 heavy (non-hydrogen) atoms. The number of tetrazole rings is 1. The van der Waals surface area contributed by atoms with Gasteiger partial charge in [-0.3, -0.25) is 0 Å². The molecule has 4 heteroatoms. The van der Waals surface area contributed by atoms with Crippen molar-refractivity contribution >= 4 is 0 Å². The van der Waals surface area contributed by atoms with Gasteiger partial charge < -0.3 is 0 Å². The first-order chi connectivity index (χ1) is 10.3. The van der Waals surface area contributed by atoms with Gasteiger partial charge in [0.25, 0.3) is 0 Å². The van der Waals surface area contributed by atoms with E-state index in [1.54, 1.807) is 4.80 Å². The van der Waals surface area contributed by atoms with E-state index in [4.69, 9.17) is 0 Å². The molecule has 0 spiro atoms. The van der Waals surface area contributed by atoms with Gasteiger partial charge in [0.1, 0.15) is 0 Å². The first-order valence-electron chi connectivity index (χ1n) is 7.22. The Bertz CT molecular complexity index is 676. The zero-order valence-corrected chi connectivity index (χ0v) is 12.1. The fourth-order valence-electron chi connectivity index (χ4n) is 2.25. The van der Waals surface area contributed by atoms with Gasteiger partial charge >= 0.3 is 0 Å². The maximum Gasteiger partial charge on any atom is 0.204 e. The van der Waals surface area contributed by atoms with E-state index < -0.39 is 0 Å². The smallest absolute Gasteiger partial charge is 0.161 e. The lowest BCUT2D eigenvalue weighted by atomic mass is 10.1. The number of nitrogens with zero attached hydrogens (tertiary/aromatic N) is 4. The minimum atomic E-state index is 0.232. The average molecular weight is 278 g/mol. The lowest BCUT2D eigenvalue weighted by Gasteiger charge is -2.09. The normalized spacial score (nSPS) is 12.2. The van der Waals surface area contributed by atoms with Crippen LogP contribution in [0.25, 0.3) is 11.4 Å². The predicted octanol–water partition coefficient (Wildman–Crippen LogP) is 3.53. The highest BCUT2D eigenvalue weighted by molar-refractivity contribution is 5.52. The topological polar surface area (TPSA) is 43.6 Å². The fourth-order valence-corrected chi connectivity index (χ4v) is 2.25. The Hall–Kier alpha value is -2.49. The molecule has 0 N–H and O–H groups in total. The Labute approximate surface area is 124 Å². The number of aryl methyl sites for hydroxylation is 1. The Morgan fingerprint density at radius 3 is 2.33 bits per heavy atom. The highest BCUT2D eigenvalue weighted by Crippen LogP contribution is 2.16. The lowest BCUT2D eigenvalue weighted by Crippen LogP contribution is -2.10. The molecule has 0 fully saturated rings. The summed E-state index contributed by atoms with van der Waals surface area (Å²) < 4.78 is 0. The van der Waals surface area contributed by atoms with Crippen LogP contribution in [-0.4, -0.2) is 20.2 Å². The molecule has 0 saturated carbocycles. The maximum atomic E-state index is 4.49. The van der Waals surface area contributed by atoms with Crippen LogP contribution in [-0.2, 0) is 6.42 Å². The summed E-state index contributed by atoms with van der Waals surface area (Å²) in [7, 11) is 0. The minimum Gasteiger partial charge on any atom is -0.161 e. The molecule has 0 bridgehead atoms. The summed E-state index contributed by atoms with van der Waals surface area (Å²) in [5, 5.41) is 12.8. The average Bonchev–Trinajstić information content (AvgIpc) is 3.04. The number of aromatic nitrogens is 4. The van der Waals surface area contributed by atoms with Crippen molar-refractivity contribution in [3.8, 4) is 11.4 Å². The molecule has 106 valence electrons.